The number of carbonyl (C=O) groups excluding carboxylic acids is 1. The van der Waals surface area contributed by atoms with Crippen molar-refractivity contribution in [3.8, 4) is 11.5 Å². The number of methoxy groups -OCH3 is 2. The molecule has 1 aliphatic heterocycles. The van der Waals surface area contributed by atoms with Gasteiger partial charge in [-0.25, -0.2) is 0 Å². The van der Waals surface area contributed by atoms with Gasteiger partial charge >= 0.3 is 0 Å². The number of rotatable bonds is 6. The molecule has 1 amide bonds. The highest BCUT2D eigenvalue weighted by molar-refractivity contribution is 6.05. The van der Waals surface area contributed by atoms with Gasteiger partial charge in [0.25, 0.3) is 0 Å². The monoisotopic (exact) mass is 306 g/mol. The molecule has 0 radical (unpaired) electrons. The van der Waals surface area contributed by atoms with Gasteiger partial charge in [0.05, 0.1) is 25.6 Å². The predicted molar refractivity (Wildman–Crippen MR) is 89.1 cm³/mol. The van der Waals surface area contributed by atoms with Crippen LogP contribution in [0.5, 0.6) is 11.5 Å². The molecule has 5 heteroatoms. The zero-order chi connectivity index (χ0) is 16.3. The molecule has 0 saturated heterocycles. The molecule has 2 rings (SSSR count). The maximum Gasteiger partial charge on any atom is 0.249 e. The first-order chi connectivity index (χ1) is 10.5. The molecule has 0 aromatic heterocycles. The Morgan fingerprint density at radius 2 is 1.86 bits per heavy atom. The van der Waals surface area contributed by atoms with Gasteiger partial charge in [0.1, 0.15) is 6.04 Å². The Labute approximate surface area is 132 Å². The first-order valence-electron chi connectivity index (χ1n) is 7.85. The normalized spacial score (nSPS) is 17.3. The van der Waals surface area contributed by atoms with Crippen molar-refractivity contribution in [2.45, 2.75) is 39.7 Å². The summed E-state index contributed by atoms with van der Waals surface area (Å²) in [5, 5.41) is 3.31. The lowest BCUT2D eigenvalue weighted by atomic mass is 10.0. The van der Waals surface area contributed by atoms with Crippen LogP contribution in [0.4, 0.5) is 11.4 Å². The minimum absolute atomic E-state index is 0.128. The second-order valence-electron chi connectivity index (χ2n) is 6.00. The zero-order valence-electron chi connectivity index (χ0n) is 14.1. The molecule has 122 valence electrons. The molecule has 1 unspecified atom stereocenters. The quantitative estimate of drug-likeness (QED) is 0.876. The Bertz CT molecular complexity index is 543. The van der Waals surface area contributed by atoms with Gasteiger partial charge in [-0.1, -0.05) is 20.8 Å². The second kappa shape index (κ2) is 6.90. The summed E-state index contributed by atoms with van der Waals surface area (Å²) in [5.41, 5.74) is 1.79. The van der Waals surface area contributed by atoms with Crippen molar-refractivity contribution < 1.29 is 14.3 Å². The maximum absolute atomic E-state index is 12.7. The SMILES string of the molecule is CCC1Nc2cc(OC)c(OC)cc2N(CCC(C)C)C1=O. The van der Waals surface area contributed by atoms with E-state index in [1.54, 1.807) is 14.2 Å². The van der Waals surface area contributed by atoms with E-state index in [4.69, 9.17) is 9.47 Å². The van der Waals surface area contributed by atoms with Gasteiger partial charge in [0, 0.05) is 18.7 Å². The van der Waals surface area contributed by atoms with E-state index < -0.39 is 0 Å². The van der Waals surface area contributed by atoms with Gasteiger partial charge in [-0.05, 0) is 18.8 Å². The van der Waals surface area contributed by atoms with Crippen LogP contribution in [0.2, 0.25) is 0 Å². The zero-order valence-corrected chi connectivity index (χ0v) is 14.1. The summed E-state index contributed by atoms with van der Waals surface area (Å²) in [4.78, 5) is 14.6. The van der Waals surface area contributed by atoms with Crippen LogP contribution in [0.15, 0.2) is 12.1 Å². The summed E-state index contributed by atoms with van der Waals surface area (Å²) in [7, 11) is 3.22. The standard InChI is InChI=1S/C17H26N2O3/c1-6-12-17(20)19(8-7-11(2)3)14-10-16(22-5)15(21-4)9-13(14)18-12/h9-12,18H,6-8H2,1-5H3. The van der Waals surface area contributed by atoms with E-state index in [1.165, 1.54) is 0 Å². The number of hydrogen-bond donors (Lipinski definition) is 1. The van der Waals surface area contributed by atoms with Crippen LogP contribution in [0.3, 0.4) is 0 Å². The molecule has 1 aromatic rings. The third-order valence-corrected chi connectivity index (χ3v) is 4.02. The molecule has 0 aliphatic carbocycles. The van der Waals surface area contributed by atoms with Crippen LogP contribution >= 0.6 is 0 Å². The molecule has 0 saturated carbocycles. The van der Waals surface area contributed by atoms with Crippen LogP contribution in [0, 0.1) is 5.92 Å². The van der Waals surface area contributed by atoms with Crippen molar-refractivity contribution in [3.63, 3.8) is 0 Å². The second-order valence-corrected chi connectivity index (χ2v) is 6.00. The number of nitrogens with zero attached hydrogens (tertiary/aromatic N) is 1. The average molecular weight is 306 g/mol. The third-order valence-electron chi connectivity index (χ3n) is 4.02. The van der Waals surface area contributed by atoms with E-state index in [2.05, 4.69) is 19.2 Å². The van der Waals surface area contributed by atoms with Crippen LogP contribution in [0.1, 0.15) is 33.6 Å². The lowest BCUT2D eigenvalue weighted by Gasteiger charge is -2.36. The van der Waals surface area contributed by atoms with Crippen molar-refractivity contribution in [2.75, 3.05) is 31.0 Å². The topological polar surface area (TPSA) is 50.8 Å². The molecule has 5 nitrogen and oxygen atoms in total. The van der Waals surface area contributed by atoms with Crippen molar-refractivity contribution in [1.29, 1.82) is 0 Å². The molecule has 0 spiro atoms. The largest absolute Gasteiger partial charge is 0.493 e. The summed E-state index contributed by atoms with van der Waals surface area (Å²) in [6, 6.07) is 3.61. The Morgan fingerprint density at radius 1 is 1.23 bits per heavy atom. The lowest BCUT2D eigenvalue weighted by molar-refractivity contribution is -0.119. The number of anilines is 2. The Kier molecular flexibility index (Phi) is 5.16. The van der Waals surface area contributed by atoms with Crippen molar-refractivity contribution in [2.24, 2.45) is 5.92 Å². The number of amides is 1. The van der Waals surface area contributed by atoms with Crippen molar-refractivity contribution in [1.82, 2.24) is 0 Å². The highest BCUT2D eigenvalue weighted by Gasteiger charge is 2.32. The van der Waals surface area contributed by atoms with Crippen LogP contribution < -0.4 is 19.7 Å². The smallest absolute Gasteiger partial charge is 0.249 e. The van der Waals surface area contributed by atoms with Gasteiger partial charge in [-0.2, -0.15) is 0 Å². The van der Waals surface area contributed by atoms with E-state index >= 15 is 0 Å². The molecule has 1 aromatic carbocycles. The molecule has 0 bridgehead atoms. The third kappa shape index (κ3) is 3.13. The number of ether oxygens (including phenoxy) is 2. The molecule has 1 aliphatic rings. The van der Waals surface area contributed by atoms with E-state index in [1.807, 2.05) is 24.0 Å². The number of benzene rings is 1. The summed E-state index contributed by atoms with van der Waals surface area (Å²) >= 11 is 0. The fourth-order valence-electron chi connectivity index (χ4n) is 2.66. The lowest BCUT2D eigenvalue weighted by Crippen LogP contribution is -2.47. The first-order valence-corrected chi connectivity index (χ1v) is 7.85. The number of fused-ring (bicyclic) bond motifs is 1. The molecule has 1 atom stereocenters. The molecule has 1 heterocycles. The van der Waals surface area contributed by atoms with Crippen LogP contribution in [-0.4, -0.2) is 32.7 Å². The summed E-state index contributed by atoms with van der Waals surface area (Å²) < 4.78 is 10.7. The predicted octanol–water partition coefficient (Wildman–Crippen LogP) is 3.29. The number of hydrogen-bond acceptors (Lipinski definition) is 4. The fourth-order valence-corrected chi connectivity index (χ4v) is 2.66. The molecule has 22 heavy (non-hydrogen) atoms. The van der Waals surface area contributed by atoms with Gasteiger partial charge < -0.3 is 19.7 Å². The van der Waals surface area contributed by atoms with Crippen molar-refractivity contribution in [3.05, 3.63) is 12.1 Å². The van der Waals surface area contributed by atoms with Gasteiger partial charge in [-0.3, -0.25) is 4.79 Å². The highest BCUT2D eigenvalue weighted by atomic mass is 16.5. The van der Waals surface area contributed by atoms with Crippen LogP contribution in [0.25, 0.3) is 0 Å². The Hall–Kier alpha value is -1.91. The Morgan fingerprint density at radius 3 is 2.41 bits per heavy atom. The van der Waals surface area contributed by atoms with Gasteiger partial charge in [0.15, 0.2) is 11.5 Å². The maximum atomic E-state index is 12.7. The fraction of sp³-hybridized carbons (Fsp3) is 0.588. The molecular weight excluding hydrogens is 280 g/mol. The molecule has 1 N–H and O–H groups in total. The first kappa shape index (κ1) is 16.5. The van der Waals surface area contributed by atoms with E-state index in [-0.39, 0.29) is 11.9 Å². The van der Waals surface area contributed by atoms with E-state index in [0.29, 0.717) is 17.4 Å². The molecule has 0 fully saturated rings. The van der Waals surface area contributed by atoms with Crippen LogP contribution in [-0.2, 0) is 4.79 Å². The van der Waals surface area contributed by atoms with Crippen molar-refractivity contribution >= 4 is 17.3 Å². The number of carbonyl (C=O) groups is 1. The van der Waals surface area contributed by atoms with Gasteiger partial charge in [-0.15, -0.1) is 0 Å². The van der Waals surface area contributed by atoms with Gasteiger partial charge in [0.2, 0.25) is 5.91 Å². The molecular formula is C17H26N2O3. The number of nitrogens with one attached hydrogen (secondary N) is 1. The average Bonchev–Trinajstić information content (AvgIpc) is 2.51. The summed E-state index contributed by atoms with van der Waals surface area (Å²) in [6.07, 6.45) is 1.72. The Balaban J connectivity index is 2.43. The highest BCUT2D eigenvalue weighted by Crippen LogP contribution is 2.41. The van der Waals surface area contributed by atoms with E-state index in [0.717, 1.165) is 30.8 Å². The summed E-state index contributed by atoms with van der Waals surface area (Å²) in [6.45, 7) is 7.07. The summed E-state index contributed by atoms with van der Waals surface area (Å²) in [5.74, 6) is 1.98. The minimum Gasteiger partial charge on any atom is -0.493 e. The van der Waals surface area contributed by atoms with E-state index in [9.17, 15) is 4.79 Å². The minimum atomic E-state index is -0.183.